The van der Waals surface area contributed by atoms with Crippen molar-refractivity contribution in [2.45, 2.75) is 32.4 Å². The third kappa shape index (κ3) is 3.23. The minimum absolute atomic E-state index is 0. The van der Waals surface area contributed by atoms with Crippen molar-refractivity contribution in [3.8, 4) is 0 Å². The summed E-state index contributed by atoms with van der Waals surface area (Å²) in [4.78, 5) is 14.2. The summed E-state index contributed by atoms with van der Waals surface area (Å²) in [5.41, 5.74) is 0.698. The van der Waals surface area contributed by atoms with Gasteiger partial charge in [0.05, 0.1) is 11.8 Å². The predicted octanol–water partition coefficient (Wildman–Crippen LogP) is 1.15. The van der Waals surface area contributed by atoms with Crippen LogP contribution in [0.4, 0.5) is 0 Å². The van der Waals surface area contributed by atoms with Gasteiger partial charge >= 0.3 is 0 Å². The van der Waals surface area contributed by atoms with Crippen molar-refractivity contribution in [3.05, 3.63) is 18.0 Å². The van der Waals surface area contributed by atoms with Crippen molar-refractivity contribution in [2.24, 2.45) is 0 Å². The Morgan fingerprint density at radius 1 is 1.61 bits per heavy atom. The van der Waals surface area contributed by atoms with Crippen molar-refractivity contribution in [2.75, 3.05) is 20.1 Å². The molecule has 1 aromatic heterocycles. The maximum atomic E-state index is 12.2. The van der Waals surface area contributed by atoms with E-state index in [1.165, 1.54) is 0 Å². The Bertz CT molecular complexity index is 393. The topological polar surface area (TPSA) is 50.2 Å². The molecule has 0 bridgehead atoms. The Balaban J connectivity index is 0.00000162. The van der Waals surface area contributed by atoms with Gasteiger partial charge in [-0.05, 0) is 26.8 Å². The van der Waals surface area contributed by atoms with Crippen LogP contribution in [0.2, 0.25) is 0 Å². The van der Waals surface area contributed by atoms with E-state index in [1.807, 2.05) is 25.1 Å². The molecule has 6 heteroatoms. The van der Waals surface area contributed by atoms with Crippen LogP contribution in [0.25, 0.3) is 0 Å². The Morgan fingerprint density at radius 2 is 2.39 bits per heavy atom. The minimum Gasteiger partial charge on any atom is -0.337 e. The van der Waals surface area contributed by atoms with Crippen molar-refractivity contribution in [1.82, 2.24) is 20.0 Å². The van der Waals surface area contributed by atoms with Crippen LogP contribution in [0.3, 0.4) is 0 Å². The molecule has 1 aliphatic heterocycles. The average molecular weight is 273 g/mol. The van der Waals surface area contributed by atoms with E-state index in [-0.39, 0.29) is 18.3 Å². The number of nitrogens with zero attached hydrogens (tertiary/aromatic N) is 3. The van der Waals surface area contributed by atoms with E-state index >= 15 is 0 Å². The van der Waals surface area contributed by atoms with Gasteiger partial charge in [-0.1, -0.05) is 0 Å². The second kappa shape index (κ2) is 6.75. The highest BCUT2D eigenvalue weighted by molar-refractivity contribution is 5.93. The third-order valence-electron chi connectivity index (χ3n) is 3.32. The monoisotopic (exact) mass is 272 g/mol. The molecule has 1 aromatic rings. The number of aryl methyl sites for hydroxylation is 1. The summed E-state index contributed by atoms with van der Waals surface area (Å²) >= 11 is 0. The van der Waals surface area contributed by atoms with E-state index in [9.17, 15) is 4.79 Å². The SMILES string of the molecule is CCn1cc(C(=O)N2CCCC(NC)C2)cn1.Cl. The maximum Gasteiger partial charge on any atom is 0.257 e. The summed E-state index contributed by atoms with van der Waals surface area (Å²) in [6, 6.07) is 0.425. The molecule has 0 aromatic carbocycles. The zero-order chi connectivity index (χ0) is 12.3. The summed E-state index contributed by atoms with van der Waals surface area (Å²) < 4.78 is 1.78. The molecule has 2 rings (SSSR count). The zero-order valence-electron chi connectivity index (χ0n) is 10.9. The van der Waals surface area contributed by atoms with Crippen LogP contribution in [-0.4, -0.2) is 46.8 Å². The highest BCUT2D eigenvalue weighted by Crippen LogP contribution is 2.13. The number of aromatic nitrogens is 2. The van der Waals surface area contributed by atoms with Gasteiger partial charge in [-0.25, -0.2) is 0 Å². The molecule has 1 unspecified atom stereocenters. The summed E-state index contributed by atoms with van der Waals surface area (Å²) in [6.07, 6.45) is 5.70. The van der Waals surface area contributed by atoms with Crippen molar-refractivity contribution in [3.63, 3.8) is 0 Å². The van der Waals surface area contributed by atoms with Crippen LogP contribution in [-0.2, 0) is 6.54 Å². The maximum absolute atomic E-state index is 12.2. The van der Waals surface area contributed by atoms with E-state index in [1.54, 1.807) is 10.9 Å². The lowest BCUT2D eigenvalue weighted by Crippen LogP contribution is -2.46. The molecule has 0 radical (unpaired) electrons. The molecule has 0 aliphatic carbocycles. The molecule has 102 valence electrons. The van der Waals surface area contributed by atoms with Gasteiger partial charge in [-0.2, -0.15) is 5.10 Å². The molecule has 1 saturated heterocycles. The molecule has 18 heavy (non-hydrogen) atoms. The fraction of sp³-hybridized carbons (Fsp3) is 0.667. The Kier molecular flexibility index (Phi) is 5.62. The number of likely N-dealkylation sites (N-methyl/N-ethyl adjacent to an activating group) is 1. The number of hydrogen-bond donors (Lipinski definition) is 1. The quantitative estimate of drug-likeness (QED) is 0.898. The summed E-state index contributed by atoms with van der Waals surface area (Å²) in [7, 11) is 1.95. The molecule has 0 spiro atoms. The van der Waals surface area contributed by atoms with Gasteiger partial charge in [0.15, 0.2) is 0 Å². The molecule has 1 atom stereocenters. The van der Waals surface area contributed by atoms with Crippen LogP contribution in [0.1, 0.15) is 30.1 Å². The molecule has 5 nitrogen and oxygen atoms in total. The predicted molar refractivity (Wildman–Crippen MR) is 73.1 cm³/mol. The van der Waals surface area contributed by atoms with E-state index in [2.05, 4.69) is 10.4 Å². The molecule has 1 amide bonds. The fourth-order valence-electron chi connectivity index (χ4n) is 2.23. The zero-order valence-corrected chi connectivity index (χ0v) is 11.7. The Labute approximate surface area is 114 Å². The van der Waals surface area contributed by atoms with Crippen LogP contribution in [0.15, 0.2) is 12.4 Å². The second-order valence-corrected chi connectivity index (χ2v) is 4.46. The standard InChI is InChI=1S/C12H20N4O.ClH/c1-3-16-8-10(7-14-16)12(17)15-6-4-5-11(9-15)13-2;/h7-8,11,13H,3-6,9H2,1-2H3;1H. The number of carbonyl (C=O) groups is 1. The molecule has 0 saturated carbocycles. The van der Waals surface area contributed by atoms with Crippen molar-refractivity contribution < 1.29 is 4.79 Å². The number of likely N-dealkylation sites (tertiary alicyclic amines) is 1. The fourth-order valence-corrected chi connectivity index (χ4v) is 2.23. The van der Waals surface area contributed by atoms with Crippen LogP contribution in [0.5, 0.6) is 0 Å². The Hall–Kier alpha value is -1.07. The van der Waals surface area contributed by atoms with Gasteiger partial charge in [0.25, 0.3) is 5.91 Å². The summed E-state index contributed by atoms with van der Waals surface area (Å²) in [6.45, 7) is 4.46. The molecule has 2 heterocycles. The number of carbonyl (C=O) groups excluding carboxylic acids is 1. The second-order valence-electron chi connectivity index (χ2n) is 4.46. The molecular weight excluding hydrogens is 252 g/mol. The first-order valence-electron chi connectivity index (χ1n) is 6.23. The minimum atomic E-state index is 0. The number of hydrogen-bond acceptors (Lipinski definition) is 3. The average Bonchev–Trinajstić information content (AvgIpc) is 2.86. The van der Waals surface area contributed by atoms with Gasteiger partial charge in [-0.3, -0.25) is 9.48 Å². The first kappa shape index (κ1) is 15.0. The van der Waals surface area contributed by atoms with Crippen LogP contribution >= 0.6 is 12.4 Å². The van der Waals surface area contributed by atoms with Gasteiger partial charge in [0.1, 0.15) is 0 Å². The Morgan fingerprint density at radius 3 is 3.00 bits per heavy atom. The molecule has 1 N–H and O–H groups in total. The summed E-state index contributed by atoms with van der Waals surface area (Å²) in [5.74, 6) is 0.102. The first-order chi connectivity index (χ1) is 8.24. The first-order valence-corrected chi connectivity index (χ1v) is 6.23. The van der Waals surface area contributed by atoms with Crippen LogP contribution in [0, 0.1) is 0 Å². The van der Waals surface area contributed by atoms with Gasteiger partial charge in [0, 0.05) is 31.9 Å². The largest absolute Gasteiger partial charge is 0.337 e. The summed E-state index contributed by atoms with van der Waals surface area (Å²) in [5, 5.41) is 7.39. The number of nitrogens with one attached hydrogen (secondary N) is 1. The van der Waals surface area contributed by atoms with E-state index in [0.717, 1.165) is 32.5 Å². The smallest absolute Gasteiger partial charge is 0.257 e. The lowest BCUT2D eigenvalue weighted by molar-refractivity contribution is 0.0698. The van der Waals surface area contributed by atoms with Crippen LogP contribution < -0.4 is 5.32 Å². The lowest BCUT2D eigenvalue weighted by Gasteiger charge is -2.32. The number of piperidine rings is 1. The number of rotatable bonds is 3. The van der Waals surface area contributed by atoms with E-state index in [0.29, 0.717) is 11.6 Å². The third-order valence-corrected chi connectivity index (χ3v) is 3.32. The van der Waals surface area contributed by atoms with E-state index < -0.39 is 0 Å². The molecule has 1 aliphatic rings. The molecular formula is C12H21ClN4O. The van der Waals surface area contributed by atoms with E-state index in [4.69, 9.17) is 0 Å². The normalized spacial score (nSPS) is 19.4. The van der Waals surface area contributed by atoms with Gasteiger partial charge in [-0.15, -0.1) is 12.4 Å². The number of amides is 1. The van der Waals surface area contributed by atoms with Gasteiger partial charge in [0.2, 0.25) is 0 Å². The highest BCUT2D eigenvalue weighted by Gasteiger charge is 2.24. The highest BCUT2D eigenvalue weighted by atomic mass is 35.5. The number of halogens is 1. The van der Waals surface area contributed by atoms with Crippen molar-refractivity contribution >= 4 is 18.3 Å². The van der Waals surface area contributed by atoms with Crippen molar-refractivity contribution in [1.29, 1.82) is 0 Å². The van der Waals surface area contributed by atoms with Gasteiger partial charge < -0.3 is 10.2 Å². The lowest BCUT2D eigenvalue weighted by atomic mass is 10.1. The molecule has 1 fully saturated rings.